The Morgan fingerprint density at radius 2 is 0.565 bits per heavy atom. The molecule has 0 saturated heterocycles. The summed E-state index contributed by atoms with van der Waals surface area (Å²) in [6, 6.07) is 0. The van der Waals surface area contributed by atoms with Gasteiger partial charge in [-0.1, -0.05) is 178 Å². The van der Waals surface area contributed by atoms with Crippen molar-refractivity contribution >= 4 is 0 Å². The quantitative estimate of drug-likeness (QED) is 0.245. The van der Waals surface area contributed by atoms with Crippen molar-refractivity contribution in [3.05, 3.63) is 95.2 Å². The highest BCUT2D eigenvalue weighted by Gasteiger charge is 2.63. The molecule has 46 heavy (non-hydrogen) atoms. The Hall–Kier alpha value is -2.24. The Bertz CT molecular complexity index is 1220. The van der Waals surface area contributed by atoms with Crippen LogP contribution >= 0.6 is 0 Å². The van der Waals surface area contributed by atoms with Crippen molar-refractivity contribution in [3.8, 4) is 0 Å². The van der Waals surface area contributed by atoms with Gasteiger partial charge in [0.1, 0.15) is 0 Å². The van der Waals surface area contributed by atoms with Crippen LogP contribution in [0.25, 0.3) is 0 Å². The maximum Gasteiger partial charge on any atom is 0.0931 e. The van der Waals surface area contributed by atoms with Crippen LogP contribution in [0.1, 0.15) is 109 Å². The van der Waals surface area contributed by atoms with Gasteiger partial charge in [0, 0.05) is 37.5 Å². The third-order valence-corrected chi connectivity index (χ3v) is 11.0. The number of allylic oxidation sites excluding steroid dienone is 8. The summed E-state index contributed by atoms with van der Waals surface area (Å²) >= 11 is 0. The Morgan fingerprint density at radius 1 is 0.391 bits per heavy atom. The summed E-state index contributed by atoms with van der Waals surface area (Å²) in [5.74, 6) is -1.99. The third-order valence-electron chi connectivity index (χ3n) is 11.0. The van der Waals surface area contributed by atoms with Crippen LogP contribution in [0, 0.1) is 33.5 Å². The fourth-order valence-electron chi connectivity index (χ4n) is 7.95. The van der Waals surface area contributed by atoms with Crippen LogP contribution in [0.15, 0.2) is 95.2 Å². The highest BCUT2D eigenvalue weighted by atomic mass is 16.3. The summed E-state index contributed by atoms with van der Waals surface area (Å²) in [6.45, 7) is 25.6. The molecule has 4 rings (SSSR count). The van der Waals surface area contributed by atoms with E-state index in [2.05, 4.69) is 107 Å². The van der Waals surface area contributed by atoms with Crippen LogP contribution in [0.4, 0.5) is 0 Å². The molecule has 0 aromatic heterocycles. The molecule has 0 fully saturated rings. The standard InChI is InChI=1S/C42H62O4/c1-35(2,3)29-17-13-21-39(43,25-29)33(40(44)22-14-18-30(26-40)36(4,5)6)34(41(45)23-15-19-31(27-41)37(7,8)9)42(46)24-16-20-32(28-42)38(10,11)12/h13-24,33-34,43-46H,25-28H2,1-12H3. The Kier molecular flexibility index (Phi) is 9.32. The van der Waals surface area contributed by atoms with E-state index in [0.29, 0.717) is 0 Å². The molecular formula is C42H62O4. The molecule has 0 aromatic rings. The second kappa shape index (κ2) is 11.7. The smallest absolute Gasteiger partial charge is 0.0931 e. The van der Waals surface area contributed by atoms with E-state index in [1.165, 1.54) is 0 Å². The fourth-order valence-corrected chi connectivity index (χ4v) is 7.95. The van der Waals surface area contributed by atoms with Gasteiger partial charge in [-0.15, -0.1) is 0 Å². The van der Waals surface area contributed by atoms with Gasteiger partial charge in [0.05, 0.1) is 22.4 Å². The lowest BCUT2D eigenvalue weighted by atomic mass is 9.51. The van der Waals surface area contributed by atoms with Crippen LogP contribution in [0.2, 0.25) is 0 Å². The second-order valence-electron chi connectivity index (χ2n) is 18.8. The van der Waals surface area contributed by atoms with Crippen LogP contribution in [0.3, 0.4) is 0 Å². The van der Waals surface area contributed by atoms with Crippen molar-refractivity contribution in [2.24, 2.45) is 33.5 Å². The van der Waals surface area contributed by atoms with Gasteiger partial charge in [0.15, 0.2) is 0 Å². The first-order valence-corrected chi connectivity index (χ1v) is 17.2. The summed E-state index contributed by atoms with van der Waals surface area (Å²) in [5.41, 5.74) is -3.02. The molecule has 0 spiro atoms. The molecule has 4 atom stereocenters. The molecule has 4 heteroatoms. The SMILES string of the molecule is CC(C)(C)C1=CC=CC(O)(C(C(C2(O)C=CC=C(C(C)(C)C)C2)C2(O)C=CC=C(C(C)(C)C)C2)C2(O)C=CC=C(C(C)(C)C)C2)C1. The van der Waals surface area contributed by atoms with E-state index in [9.17, 15) is 20.4 Å². The molecule has 4 aliphatic rings. The molecule has 4 N–H and O–H groups in total. The van der Waals surface area contributed by atoms with E-state index < -0.39 is 34.2 Å². The van der Waals surface area contributed by atoms with Gasteiger partial charge < -0.3 is 20.4 Å². The molecule has 0 amide bonds. The van der Waals surface area contributed by atoms with Gasteiger partial charge in [-0.3, -0.25) is 0 Å². The van der Waals surface area contributed by atoms with Crippen molar-refractivity contribution in [1.29, 1.82) is 0 Å². The largest absolute Gasteiger partial charge is 0.385 e. The van der Waals surface area contributed by atoms with E-state index in [-0.39, 0.29) is 47.3 Å². The zero-order valence-electron chi connectivity index (χ0n) is 30.7. The van der Waals surface area contributed by atoms with E-state index in [1.54, 1.807) is 24.3 Å². The molecule has 4 nitrogen and oxygen atoms in total. The Morgan fingerprint density at radius 3 is 0.717 bits per heavy atom. The molecule has 0 saturated carbocycles. The molecule has 4 aliphatic carbocycles. The Labute approximate surface area is 279 Å². The predicted molar refractivity (Wildman–Crippen MR) is 192 cm³/mol. The topological polar surface area (TPSA) is 80.9 Å². The van der Waals surface area contributed by atoms with Crippen LogP contribution < -0.4 is 0 Å². The summed E-state index contributed by atoms with van der Waals surface area (Å²) in [6.07, 6.45) is 24.2. The zero-order valence-corrected chi connectivity index (χ0v) is 30.7. The fraction of sp³-hybridized carbons (Fsp3) is 0.619. The maximum absolute atomic E-state index is 13.1. The highest BCUT2D eigenvalue weighted by molar-refractivity contribution is 5.41. The van der Waals surface area contributed by atoms with Gasteiger partial charge >= 0.3 is 0 Å². The first kappa shape index (κ1) is 36.6. The van der Waals surface area contributed by atoms with E-state index in [4.69, 9.17) is 0 Å². The summed E-state index contributed by atoms with van der Waals surface area (Å²) in [7, 11) is 0. The minimum Gasteiger partial charge on any atom is -0.385 e. The monoisotopic (exact) mass is 630 g/mol. The van der Waals surface area contributed by atoms with Gasteiger partial charge in [0.25, 0.3) is 0 Å². The first-order chi connectivity index (χ1) is 20.7. The van der Waals surface area contributed by atoms with E-state index in [0.717, 1.165) is 22.3 Å². The van der Waals surface area contributed by atoms with E-state index >= 15 is 0 Å². The average molecular weight is 631 g/mol. The summed E-state index contributed by atoms with van der Waals surface area (Å²) in [5, 5.41) is 52.6. The molecule has 0 aliphatic heterocycles. The molecule has 0 heterocycles. The van der Waals surface area contributed by atoms with Gasteiger partial charge in [-0.2, -0.15) is 0 Å². The molecule has 0 aromatic carbocycles. The number of rotatable bonds is 5. The van der Waals surface area contributed by atoms with Crippen molar-refractivity contribution in [2.75, 3.05) is 0 Å². The lowest BCUT2D eigenvalue weighted by Crippen LogP contribution is -2.66. The number of hydrogen-bond acceptors (Lipinski definition) is 4. The predicted octanol–water partition coefficient (Wildman–Crippen LogP) is 8.87. The van der Waals surface area contributed by atoms with E-state index in [1.807, 2.05) is 24.3 Å². The zero-order chi connectivity index (χ0) is 34.8. The minimum absolute atomic E-state index is 0.228. The van der Waals surface area contributed by atoms with Crippen molar-refractivity contribution in [1.82, 2.24) is 0 Å². The van der Waals surface area contributed by atoms with Gasteiger partial charge in [-0.25, -0.2) is 0 Å². The number of hydrogen-bond donors (Lipinski definition) is 4. The first-order valence-electron chi connectivity index (χ1n) is 17.2. The van der Waals surface area contributed by atoms with Crippen molar-refractivity contribution < 1.29 is 20.4 Å². The van der Waals surface area contributed by atoms with Crippen molar-refractivity contribution in [2.45, 2.75) is 131 Å². The second-order valence-corrected chi connectivity index (χ2v) is 18.8. The molecule has 254 valence electrons. The highest BCUT2D eigenvalue weighted by Crippen LogP contribution is 2.58. The van der Waals surface area contributed by atoms with Crippen molar-refractivity contribution in [3.63, 3.8) is 0 Å². The Balaban J connectivity index is 2.03. The summed E-state index contributed by atoms with van der Waals surface area (Å²) < 4.78 is 0. The number of aliphatic hydroxyl groups is 4. The molecular weight excluding hydrogens is 568 g/mol. The molecule has 4 unspecified atom stereocenters. The minimum atomic E-state index is -1.58. The van der Waals surface area contributed by atoms with Crippen LogP contribution in [0.5, 0.6) is 0 Å². The summed E-state index contributed by atoms with van der Waals surface area (Å²) in [4.78, 5) is 0. The normalized spacial score (nSPS) is 33.7. The van der Waals surface area contributed by atoms with Crippen LogP contribution in [-0.2, 0) is 0 Å². The average Bonchev–Trinajstić information content (AvgIpc) is 2.89. The maximum atomic E-state index is 13.1. The molecule has 0 bridgehead atoms. The van der Waals surface area contributed by atoms with Crippen LogP contribution in [-0.4, -0.2) is 42.8 Å². The molecule has 0 radical (unpaired) electrons. The lowest BCUT2D eigenvalue weighted by Gasteiger charge is -2.58. The van der Waals surface area contributed by atoms with Gasteiger partial charge in [-0.05, 0) is 21.7 Å². The lowest BCUT2D eigenvalue weighted by molar-refractivity contribution is -0.191. The third kappa shape index (κ3) is 7.26. The van der Waals surface area contributed by atoms with Gasteiger partial charge in [0.2, 0.25) is 0 Å².